The molecule has 0 aromatic heterocycles. The van der Waals surface area contributed by atoms with Crippen LogP contribution in [0.5, 0.6) is 0 Å². The molecule has 0 heterocycles. The van der Waals surface area contributed by atoms with Crippen LogP contribution in [0, 0.1) is 0 Å². The molecule has 1 unspecified atom stereocenters. The topological polar surface area (TPSA) is 95.4 Å². The minimum absolute atomic E-state index is 0.272. The molecule has 0 aliphatic rings. The fourth-order valence-corrected chi connectivity index (χ4v) is 1.20. The number of carbonyl (C=O) groups is 2. The Morgan fingerprint density at radius 1 is 1.44 bits per heavy atom. The lowest BCUT2D eigenvalue weighted by Gasteiger charge is -2.10. The Bertz CT molecular complexity index is 434. The van der Waals surface area contributed by atoms with E-state index in [-0.39, 0.29) is 5.56 Å². The third-order valence-electron chi connectivity index (χ3n) is 1.92. The minimum Gasteiger partial charge on any atom is -0.449 e. The van der Waals surface area contributed by atoms with Crippen LogP contribution in [0.1, 0.15) is 17.3 Å². The van der Waals surface area contributed by atoms with Crippen molar-refractivity contribution in [2.75, 3.05) is 5.73 Å². The Hall–Kier alpha value is -1.56. The van der Waals surface area contributed by atoms with Gasteiger partial charge in [0.2, 0.25) is 0 Å². The van der Waals surface area contributed by atoms with Crippen molar-refractivity contribution < 1.29 is 14.3 Å². The number of rotatable bonds is 3. The molecule has 0 bridgehead atoms. The van der Waals surface area contributed by atoms with Gasteiger partial charge in [-0.05, 0) is 41.1 Å². The van der Waals surface area contributed by atoms with Crippen LogP contribution in [0.4, 0.5) is 5.69 Å². The molecule has 0 fully saturated rings. The van der Waals surface area contributed by atoms with E-state index in [4.69, 9.17) is 16.2 Å². The van der Waals surface area contributed by atoms with Gasteiger partial charge in [-0.25, -0.2) is 4.79 Å². The first kappa shape index (κ1) is 12.5. The van der Waals surface area contributed by atoms with Gasteiger partial charge < -0.3 is 16.2 Å². The number of hydrogen-bond donors (Lipinski definition) is 2. The standard InChI is InChI=1S/C10H11BrN2O3/c1-5(9(13)14)16-10(15)6-2-3-7(11)8(12)4-6/h2-5H,12H2,1H3,(H2,13,14). The molecule has 0 radical (unpaired) electrons. The molecule has 5 nitrogen and oxygen atoms in total. The van der Waals surface area contributed by atoms with Crippen LogP contribution >= 0.6 is 15.9 Å². The van der Waals surface area contributed by atoms with Gasteiger partial charge in [-0.3, -0.25) is 4.79 Å². The van der Waals surface area contributed by atoms with Crippen LogP contribution < -0.4 is 11.5 Å². The lowest BCUT2D eigenvalue weighted by Crippen LogP contribution is -2.30. The van der Waals surface area contributed by atoms with Crippen molar-refractivity contribution in [3.8, 4) is 0 Å². The van der Waals surface area contributed by atoms with Crippen LogP contribution in [0.15, 0.2) is 22.7 Å². The number of carbonyl (C=O) groups excluding carboxylic acids is 2. The Morgan fingerprint density at radius 3 is 2.56 bits per heavy atom. The lowest BCUT2D eigenvalue weighted by molar-refractivity contribution is -0.125. The summed E-state index contributed by atoms with van der Waals surface area (Å²) in [6.45, 7) is 1.41. The molecule has 1 amide bonds. The van der Waals surface area contributed by atoms with E-state index in [0.717, 1.165) is 0 Å². The van der Waals surface area contributed by atoms with E-state index < -0.39 is 18.0 Å². The highest BCUT2D eigenvalue weighted by molar-refractivity contribution is 9.10. The van der Waals surface area contributed by atoms with Crippen molar-refractivity contribution in [2.45, 2.75) is 13.0 Å². The van der Waals surface area contributed by atoms with Gasteiger partial charge in [-0.1, -0.05) is 0 Å². The van der Waals surface area contributed by atoms with E-state index in [9.17, 15) is 9.59 Å². The molecule has 1 aromatic carbocycles. The van der Waals surface area contributed by atoms with Gasteiger partial charge in [0.25, 0.3) is 5.91 Å². The molecule has 16 heavy (non-hydrogen) atoms. The number of primary amides is 1. The number of nitrogen functional groups attached to an aromatic ring is 1. The molecule has 0 aliphatic carbocycles. The minimum atomic E-state index is -0.961. The predicted octanol–water partition coefficient (Wildman–Crippen LogP) is 1.06. The summed E-state index contributed by atoms with van der Waals surface area (Å²) >= 11 is 3.20. The summed E-state index contributed by atoms with van der Waals surface area (Å²) in [6, 6.07) is 4.62. The molecule has 0 spiro atoms. The van der Waals surface area contributed by atoms with E-state index in [1.165, 1.54) is 19.1 Å². The lowest BCUT2D eigenvalue weighted by atomic mass is 10.2. The van der Waals surface area contributed by atoms with Gasteiger partial charge in [0, 0.05) is 10.2 Å². The summed E-state index contributed by atoms with van der Waals surface area (Å²) in [5, 5.41) is 0. The van der Waals surface area contributed by atoms with E-state index in [2.05, 4.69) is 15.9 Å². The number of ether oxygens (including phenoxy) is 1. The maximum Gasteiger partial charge on any atom is 0.338 e. The molecule has 6 heteroatoms. The van der Waals surface area contributed by atoms with Crippen molar-refractivity contribution >= 4 is 33.5 Å². The van der Waals surface area contributed by atoms with E-state index in [1.54, 1.807) is 6.07 Å². The Kier molecular flexibility index (Phi) is 3.89. The Morgan fingerprint density at radius 2 is 2.06 bits per heavy atom. The highest BCUT2D eigenvalue weighted by atomic mass is 79.9. The van der Waals surface area contributed by atoms with Crippen molar-refractivity contribution in [1.29, 1.82) is 0 Å². The van der Waals surface area contributed by atoms with E-state index >= 15 is 0 Å². The number of benzene rings is 1. The monoisotopic (exact) mass is 286 g/mol. The molecule has 0 saturated heterocycles. The number of hydrogen-bond acceptors (Lipinski definition) is 4. The van der Waals surface area contributed by atoms with E-state index in [1.807, 2.05) is 0 Å². The molecule has 1 aromatic rings. The first-order valence-electron chi connectivity index (χ1n) is 4.47. The molecule has 1 rings (SSSR count). The van der Waals surface area contributed by atoms with Crippen LogP contribution in [0.3, 0.4) is 0 Å². The quantitative estimate of drug-likeness (QED) is 0.642. The second-order valence-corrected chi connectivity index (χ2v) is 4.04. The zero-order valence-corrected chi connectivity index (χ0v) is 10.2. The average molecular weight is 287 g/mol. The predicted molar refractivity (Wildman–Crippen MR) is 62.6 cm³/mol. The van der Waals surface area contributed by atoms with E-state index in [0.29, 0.717) is 10.2 Å². The molecule has 4 N–H and O–H groups in total. The molecular weight excluding hydrogens is 276 g/mol. The fraction of sp³-hybridized carbons (Fsp3) is 0.200. The van der Waals surface area contributed by atoms with Crippen molar-refractivity contribution in [3.05, 3.63) is 28.2 Å². The van der Waals surface area contributed by atoms with Crippen molar-refractivity contribution in [2.24, 2.45) is 5.73 Å². The summed E-state index contributed by atoms with van der Waals surface area (Å²) in [7, 11) is 0. The molecule has 86 valence electrons. The molecular formula is C10H11BrN2O3. The van der Waals surface area contributed by atoms with Crippen LogP contribution in [-0.2, 0) is 9.53 Å². The number of nitrogens with two attached hydrogens (primary N) is 2. The zero-order valence-electron chi connectivity index (χ0n) is 8.57. The van der Waals surface area contributed by atoms with Gasteiger partial charge in [-0.15, -0.1) is 0 Å². The molecule has 0 saturated carbocycles. The van der Waals surface area contributed by atoms with Crippen molar-refractivity contribution in [3.63, 3.8) is 0 Å². The Labute approximate surface area is 101 Å². The maximum atomic E-state index is 11.5. The van der Waals surface area contributed by atoms with Crippen LogP contribution in [0.2, 0.25) is 0 Å². The van der Waals surface area contributed by atoms with Gasteiger partial charge in [0.15, 0.2) is 6.10 Å². The average Bonchev–Trinajstić information content (AvgIpc) is 2.21. The highest BCUT2D eigenvalue weighted by Crippen LogP contribution is 2.20. The molecule has 0 aliphatic heterocycles. The third kappa shape index (κ3) is 2.96. The van der Waals surface area contributed by atoms with Crippen molar-refractivity contribution in [1.82, 2.24) is 0 Å². The smallest absolute Gasteiger partial charge is 0.338 e. The highest BCUT2D eigenvalue weighted by Gasteiger charge is 2.16. The fourth-order valence-electron chi connectivity index (χ4n) is 0.957. The Balaban J connectivity index is 2.81. The summed E-state index contributed by atoms with van der Waals surface area (Å²) in [6.07, 6.45) is -0.961. The number of amides is 1. The second-order valence-electron chi connectivity index (χ2n) is 3.19. The summed E-state index contributed by atoms with van der Waals surface area (Å²) in [5.74, 6) is -1.33. The summed E-state index contributed by atoms with van der Waals surface area (Å²) in [5.41, 5.74) is 11.3. The zero-order chi connectivity index (χ0) is 12.3. The third-order valence-corrected chi connectivity index (χ3v) is 2.64. The summed E-state index contributed by atoms with van der Waals surface area (Å²) in [4.78, 5) is 22.2. The number of halogens is 1. The first-order chi connectivity index (χ1) is 7.41. The van der Waals surface area contributed by atoms with Gasteiger partial charge in [-0.2, -0.15) is 0 Å². The largest absolute Gasteiger partial charge is 0.449 e. The normalized spacial score (nSPS) is 11.9. The second kappa shape index (κ2) is 4.98. The number of anilines is 1. The van der Waals surface area contributed by atoms with Gasteiger partial charge in [0.05, 0.1) is 5.56 Å². The number of esters is 1. The molecule has 1 atom stereocenters. The first-order valence-corrected chi connectivity index (χ1v) is 5.26. The van der Waals surface area contributed by atoms with Crippen LogP contribution in [-0.4, -0.2) is 18.0 Å². The maximum absolute atomic E-state index is 11.5. The van der Waals surface area contributed by atoms with Gasteiger partial charge in [0.1, 0.15) is 0 Å². The summed E-state index contributed by atoms with van der Waals surface area (Å²) < 4.78 is 5.50. The van der Waals surface area contributed by atoms with Crippen LogP contribution in [0.25, 0.3) is 0 Å². The SMILES string of the molecule is CC(OC(=O)c1ccc(Br)c(N)c1)C(N)=O. The van der Waals surface area contributed by atoms with Gasteiger partial charge >= 0.3 is 5.97 Å².